The summed E-state index contributed by atoms with van der Waals surface area (Å²) in [7, 11) is 0. The maximum atomic E-state index is 11.5. The highest BCUT2D eigenvalue weighted by Gasteiger charge is 2.25. The van der Waals surface area contributed by atoms with E-state index in [9.17, 15) is 4.79 Å². The molecular formula is C11H17IN4O. The number of anilines is 1. The predicted octanol–water partition coefficient (Wildman–Crippen LogP) is 0.938. The van der Waals surface area contributed by atoms with E-state index < -0.39 is 0 Å². The second-order valence-corrected chi connectivity index (χ2v) is 5.66. The average molecular weight is 348 g/mol. The maximum absolute atomic E-state index is 11.5. The van der Waals surface area contributed by atoms with Crippen molar-refractivity contribution in [2.24, 2.45) is 11.7 Å². The van der Waals surface area contributed by atoms with Crippen LogP contribution in [0.25, 0.3) is 0 Å². The molecule has 1 fully saturated rings. The van der Waals surface area contributed by atoms with E-state index in [0.29, 0.717) is 9.49 Å². The van der Waals surface area contributed by atoms with Crippen molar-refractivity contribution in [2.45, 2.75) is 25.8 Å². The van der Waals surface area contributed by atoms with E-state index in [1.807, 2.05) is 6.92 Å². The van der Waals surface area contributed by atoms with Crippen molar-refractivity contribution in [3.63, 3.8) is 0 Å². The number of nitrogens with two attached hydrogens (primary N) is 1. The van der Waals surface area contributed by atoms with E-state index in [0.717, 1.165) is 31.7 Å². The molecule has 6 heteroatoms. The van der Waals surface area contributed by atoms with E-state index in [1.54, 1.807) is 0 Å². The molecule has 2 unspecified atom stereocenters. The summed E-state index contributed by atoms with van der Waals surface area (Å²) in [5, 5.41) is 0. The van der Waals surface area contributed by atoms with Gasteiger partial charge in [-0.1, -0.05) is 0 Å². The van der Waals surface area contributed by atoms with Gasteiger partial charge in [-0.25, -0.2) is 4.98 Å². The molecule has 1 saturated heterocycles. The summed E-state index contributed by atoms with van der Waals surface area (Å²) in [6.45, 7) is 3.89. The molecule has 0 amide bonds. The molecular weight excluding hydrogens is 331 g/mol. The first-order chi connectivity index (χ1) is 8.09. The Kier molecular flexibility index (Phi) is 4.03. The topological polar surface area (TPSA) is 75.0 Å². The van der Waals surface area contributed by atoms with Gasteiger partial charge in [0.05, 0.1) is 6.33 Å². The second kappa shape index (κ2) is 5.34. The minimum absolute atomic E-state index is 0.0708. The molecule has 2 atom stereocenters. The lowest BCUT2D eigenvalue weighted by Crippen LogP contribution is -2.43. The third-order valence-electron chi connectivity index (χ3n) is 3.28. The third kappa shape index (κ3) is 2.79. The summed E-state index contributed by atoms with van der Waals surface area (Å²) in [5.74, 6) is 1.28. The number of hydrogen-bond acceptors (Lipinski definition) is 4. The Bertz CT molecular complexity index is 445. The first kappa shape index (κ1) is 12.8. The predicted molar refractivity (Wildman–Crippen MR) is 76.2 cm³/mol. The summed E-state index contributed by atoms with van der Waals surface area (Å²) in [5.41, 5.74) is 5.89. The van der Waals surface area contributed by atoms with E-state index in [2.05, 4.69) is 37.5 Å². The van der Waals surface area contributed by atoms with E-state index >= 15 is 0 Å². The smallest absolute Gasteiger partial charge is 0.266 e. The van der Waals surface area contributed by atoms with Crippen LogP contribution >= 0.6 is 22.6 Å². The van der Waals surface area contributed by atoms with Gasteiger partial charge in [-0.2, -0.15) is 0 Å². The first-order valence-electron chi connectivity index (χ1n) is 5.83. The SMILES string of the molecule is CC(N)C1CCCN(c2nc[nH]c(=O)c2I)C1. The summed E-state index contributed by atoms with van der Waals surface area (Å²) < 4.78 is 0.662. The fourth-order valence-corrected chi connectivity index (χ4v) is 2.86. The molecule has 0 spiro atoms. The van der Waals surface area contributed by atoms with E-state index in [4.69, 9.17) is 5.73 Å². The summed E-state index contributed by atoms with van der Waals surface area (Å²) in [6.07, 6.45) is 3.74. The Hall–Kier alpha value is -0.630. The molecule has 1 aromatic rings. The molecule has 0 aliphatic carbocycles. The van der Waals surface area contributed by atoms with Gasteiger partial charge in [0, 0.05) is 19.1 Å². The number of piperidine rings is 1. The number of H-pyrrole nitrogens is 1. The Balaban J connectivity index is 2.22. The standard InChI is InChI=1S/C11H17IN4O/c1-7(13)8-3-2-4-16(5-8)10-9(12)11(17)15-6-14-10/h6-8H,2-5,13H2,1H3,(H,14,15,17). The molecule has 0 aromatic carbocycles. The monoisotopic (exact) mass is 348 g/mol. The Labute approximate surface area is 114 Å². The zero-order valence-electron chi connectivity index (χ0n) is 9.82. The number of halogens is 1. The van der Waals surface area contributed by atoms with Gasteiger partial charge in [-0.15, -0.1) is 0 Å². The number of rotatable bonds is 2. The van der Waals surface area contributed by atoms with Gasteiger partial charge in [-0.05, 0) is 48.3 Å². The van der Waals surface area contributed by atoms with Gasteiger partial charge in [0.1, 0.15) is 9.39 Å². The largest absolute Gasteiger partial charge is 0.355 e. The van der Waals surface area contributed by atoms with Crippen molar-refractivity contribution in [3.8, 4) is 0 Å². The molecule has 2 heterocycles. The van der Waals surface area contributed by atoms with Gasteiger partial charge < -0.3 is 15.6 Å². The number of hydrogen-bond donors (Lipinski definition) is 2. The van der Waals surface area contributed by atoms with Crippen LogP contribution in [0.5, 0.6) is 0 Å². The van der Waals surface area contributed by atoms with Crippen LogP contribution in [0.4, 0.5) is 5.82 Å². The van der Waals surface area contributed by atoms with Gasteiger partial charge in [-0.3, -0.25) is 4.79 Å². The van der Waals surface area contributed by atoms with Crippen molar-refractivity contribution < 1.29 is 0 Å². The first-order valence-corrected chi connectivity index (χ1v) is 6.91. The van der Waals surface area contributed by atoms with Crippen molar-refractivity contribution in [3.05, 3.63) is 20.3 Å². The average Bonchev–Trinajstić information content (AvgIpc) is 2.33. The molecule has 1 aliphatic heterocycles. The highest BCUT2D eigenvalue weighted by Crippen LogP contribution is 2.24. The van der Waals surface area contributed by atoms with Gasteiger partial charge in [0.25, 0.3) is 5.56 Å². The van der Waals surface area contributed by atoms with Crippen molar-refractivity contribution in [1.82, 2.24) is 9.97 Å². The fourth-order valence-electron chi connectivity index (χ4n) is 2.23. The normalized spacial score (nSPS) is 22.5. The Morgan fingerprint density at radius 3 is 3.18 bits per heavy atom. The molecule has 17 heavy (non-hydrogen) atoms. The van der Waals surface area contributed by atoms with Crippen molar-refractivity contribution in [1.29, 1.82) is 0 Å². The maximum Gasteiger partial charge on any atom is 0.266 e. The second-order valence-electron chi connectivity index (χ2n) is 4.58. The minimum Gasteiger partial charge on any atom is -0.355 e. The lowest BCUT2D eigenvalue weighted by Gasteiger charge is -2.35. The molecule has 1 aliphatic rings. The summed E-state index contributed by atoms with van der Waals surface area (Å²) in [4.78, 5) is 20.6. The van der Waals surface area contributed by atoms with Gasteiger partial charge >= 0.3 is 0 Å². The number of nitrogens with one attached hydrogen (secondary N) is 1. The van der Waals surface area contributed by atoms with Gasteiger partial charge in [0.2, 0.25) is 0 Å². The Morgan fingerprint density at radius 2 is 2.47 bits per heavy atom. The molecule has 3 N–H and O–H groups in total. The molecule has 2 rings (SSSR count). The van der Waals surface area contributed by atoms with Crippen LogP contribution in [0.3, 0.4) is 0 Å². The van der Waals surface area contributed by atoms with Crippen molar-refractivity contribution >= 4 is 28.4 Å². The quantitative estimate of drug-likeness (QED) is 0.780. The molecule has 5 nitrogen and oxygen atoms in total. The zero-order chi connectivity index (χ0) is 12.4. The van der Waals surface area contributed by atoms with Crippen LogP contribution in [-0.4, -0.2) is 29.1 Å². The van der Waals surface area contributed by atoms with Gasteiger partial charge in [0.15, 0.2) is 0 Å². The zero-order valence-corrected chi connectivity index (χ0v) is 12.0. The number of aromatic nitrogens is 2. The van der Waals surface area contributed by atoms with E-state index in [1.165, 1.54) is 6.33 Å². The molecule has 0 bridgehead atoms. The van der Waals surface area contributed by atoms with Crippen LogP contribution in [0, 0.1) is 9.49 Å². The lowest BCUT2D eigenvalue weighted by atomic mass is 9.92. The lowest BCUT2D eigenvalue weighted by molar-refractivity contribution is 0.363. The summed E-state index contributed by atoms with van der Waals surface area (Å²) in [6, 6.07) is 0.192. The van der Waals surface area contributed by atoms with Crippen LogP contribution in [0.1, 0.15) is 19.8 Å². The fraction of sp³-hybridized carbons (Fsp3) is 0.636. The highest BCUT2D eigenvalue weighted by atomic mass is 127. The molecule has 1 aromatic heterocycles. The van der Waals surface area contributed by atoms with Crippen molar-refractivity contribution in [2.75, 3.05) is 18.0 Å². The van der Waals surface area contributed by atoms with Crippen LogP contribution in [0.15, 0.2) is 11.1 Å². The van der Waals surface area contributed by atoms with E-state index in [-0.39, 0.29) is 11.6 Å². The molecule has 0 saturated carbocycles. The van der Waals surface area contributed by atoms with Crippen LogP contribution in [0.2, 0.25) is 0 Å². The molecule has 0 radical (unpaired) electrons. The molecule has 94 valence electrons. The third-order valence-corrected chi connectivity index (χ3v) is 4.25. The number of aromatic amines is 1. The van der Waals surface area contributed by atoms with Crippen LogP contribution in [-0.2, 0) is 0 Å². The Morgan fingerprint density at radius 1 is 1.71 bits per heavy atom. The summed E-state index contributed by atoms with van der Waals surface area (Å²) >= 11 is 2.05. The minimum atomic E-state index is -0.0708. The highest BCUT2D eigenvalue weighted by molar-refractivity contribution is 14.1. The number of nitrogens with zero attached hydrogens (tertiary/aromatic N) is 2. The van der Waals surface area contributed by atoms with Crippen LogP contribution < -0.4 is 16.2 Å².